The molecule has 2 aromatic carbocycles. The Morgan fingerprint density at radius 2 is 1.76 bits per heavy atom. The molecule has 4 rings (SSSR count). The van der Waals surface area contributed by atoms with Crippen LogP contribution in [0.5, 0.6) is 0 Å². The second-order valence-corrected chi connectivity index (χ2v) is 6.90. The number of hydrogen-bond acceptors (Lipinski definition) is 2. The SMILES string of the molecule is O=C1CCc2cc(C(=O)N3CCC(c4ccccc4)CC3)ccc2N1. The van der Waals surface area contributed by atoms with E-state index in [-0.39, 0.29) is 11.8 Å². The average Bonchev–Trinajstić information content (AvgIpc) is 2.68. The Morgan fingerprint density at radius 1 is 1.00 bits per heavy atom. The van der Waals surface area contributed by atoms with Gasteiger partial charge < -0.3 is 10.2 Å². The van der Waals surface area contributed by atoms with Gasteiger partial charge in [-0.2, -0.15) is 0 Å². The Kier molecular flexibility index (Phi) is 4.26. The van der Waals surface area contributed by atoms with E-state index in [1.807, 2.05) is 29.2 Å². The minimum Gasteiger partial charge on any atom is -0.339 e. The lowest BCUT2D eigenvalue weighted by atomic mass is 9.89. The molecule has 4 nitrogen and oxygen atoms in total. The molecule has 2 aromatic rings. The van der Waals surface area contributed by atoms with E-state index in [1.54, 1.807) is 0 Å². The largest absolute Gasteiger partial charge is 0.339 e. The molecule has 0 spiro atoms. The molecule has 0 saturated carbocycles. The third-order valence-corrected chi connectivity index (χ3v) is 5.30. The summed E-state index contributed by atoms with van der Waals surface area (Å²) in [6.07, 6.45) is 3.22. The van der Waals surface area contributed by atoms with Gasteiger partial charge in [-0.3, -0.25) is 9.59 Å². The number of rotatable bonds is 2. The van der Waals surface area contributed by atoms with Gasteiger partial charge in [0.15, 0.2) is 0 Å². The maximum absolute atomic E-state index is 12.8. The van der Waals surface area contributed by atoms with Crippen molar-refractivity contribution in [2.24, 2.45) is 0 Å². The zero-order chi connectivity index (χ0) is 17.2. The number of hydrogen-bond donors (Lipinski definition) is 1. The highest BCUT2D eigenvalue weighted by Gasteiger charge is 2.25. The molecule has 1 N–H and O–H groups in total. The van der Waals surface area contributed by atoms with Crippen molar-refractivity contribution in [1.29, 1.82) is 0 Å². The van der Waals surface area contributed by atoms with Gasteiger partial charge in [-0.15, -0.1) is 0 Å². The van der Waals surface area contributed by atoms with Crippen molar-refractivity contribution in [3.05, 3.63) is 65.2 Å². The Morgan fingerprint density at radius 3 is 2.52 bits per heavy atom. The lowest BCUT2D eigenvalue weighted by Gasteiger charge is -2.32. The molecule has 25 heavy (non-hydrogen) atoms. The van der Waals surface area contributed by atoms with Crippen LogP contribution < -0.4 is 5.32 Å². The van der Waals surface area contributed by atoms with Gasteiger partial charge in [-0.25, -0.2) is 0 Å². The Balaban J connectivity index is 1.43. The van der Waals surface area contributed by atoms with Crippen LogP contribution in [0.1, 0.15) is 46.7 Å². The van der Waals surface area contributed by atoms with Gasteiger partial charge in [0, 0.05) is 30.8 Å². The van der Waals surface area contributed by atoms with E-state index >= 15 is 0 Å². The van der Waals surface area contributed by atoms with E-state index in [1.165, 1.54) is 5.56 Å². The molecule has 0 radical (unpaired) electrons. The second-order valence-electron chi connectivity index (χ2n) is 6.90. The monoisotopic (exact) mass is 334 g/mol. The third kappa shape index (κ3) is 3.29. The van der Waals surface area contributed by atoms with Gasteiger partial charge in [-0.1, -0.05) is 30.3 Å². The number of nitrogens with zero attached hydrogens (tertiary/aromatic N) is 1. The zero-order valence-corrected chi connectivity index (χ0v) is 14.2. The van der Waals surface area contributed by atoms with Crippen molar-refractivity contribution in [2.75, 3.05) is 18.4 Å². The second kappa shape index (κ2) is 6.71. The average molecular weight is 334 g/mol. The first-order valence-electron chi connectivity index (χ1n) is 8.98. The maximum Gasteiger partial charge on any atom is 0.253 e. The topological polar surface area (TPSA) is 49.4 Å². The molecule has 2 aliphatic heterocycles. The summed E-state index contributed by atoms with van der Waals surface area (Å²) in [5, 5.41) is 2.87. The normalized spacial score (nSPS) is 17.8. The molecule has 0 atom stereocenters. The molecule has 1 fully saturated rings. The van der Waals surface area contributed by atoms with E-state index in [2.05, 4.69) is 29.6 Å². The van der Waals surface area contributed by atoms with Gasteiger partial charge in [0.05, 0.1) is 0 Å². The standard InChI is InChI=1S/C21H22N2O2/c24-20-9-7-17-14-18(6-8-19(17)22-20)21(25)23-12-10-16(11-13-23)15-4-2-1-3-5-15/h1-6,8,14,16H,7,9-13H2,(H,22,24). The number of fused-ring (bicyclic) bond motifs is 1. The summed E-state index contributed by atoms with van der Waals surface area (Å²) in [5.74, 6) is 0.699. The highest BCUT2D eigenvalue weighted by molar-refractivity contribution is 5.98. The molecule has 0 aliphatic carbocycles. The lowest BCUT2D eigenvalue weighted by molar-refractivity contribution is -0.116. The Bertz CT molecular complexity index is 793. The van der Waals surface area contributed by atoms with Crippen molar-refractivity contribution in [3.63, 3.8) is 0 Å². The van der Waals surface area contributed by atoms with Crippen LogP contribution in [0.2, 0.25) is 0 Å². The van der Waals surface area contributed by atoms with E-state index in [9.17, 15) is 9.59 Å². The van der Waals surface area contributed by atoms with Crippen LogP contribution in [-0.4, -0.2) is 29.8 Å². The molecular formula is C21H22N2O2. The zero-order valence-electron chi connectivity index (χ0n) is 14.2. The summed E-state index contributed by atoms with van der Waals surface area (Å²) in [6.45, 7) is 1.60. The predicted molar refractivity (Wildman–Crippen MR) is 97.7 cm³/mol. The summed E-state index contributed by atoms with van der Waals surface area (Å²) in [4.78, 5) is 26.2. The summed E-state index contributed by atoms with van der Waals surface area (Å²) < 4.78 is 0. The van der Waals surface area contributed by atoms with Crippen LogP contribution >= 0.6 is 0 Å². The fourth-order valence-corrected chi connectivity index (χ4v) is 3.84. The van der Waals surface area contributed by atoms with Crippen molar-refractivity contribution >= 4 is 17.5 Å². The van der Waals surface area contributed by atoms with E-state index in [4.69, 9.17) is 0 Å². The number of carbonyl (C=O) groups excluding carboxylic acids is 2. The molecule has 128 valence electrons. The van der Waals surface area contributed by atoms with Crippen LogP contribution in [0.15, 0.2) is 48.5 Å². The van der Waals surface area contributed by atoms with Gasteiger partial charge >= 0.3 is 0 Å². The Hall–Kier alpha value is -2.62. The van der Waals surface area contributed by atoms with E-state index < -0.39 is 0 Å². The van der Waals surface area contributed by atoms with Gasteiger partial charge in [0.25, 0.3) is 5.91 Å². The summed E-state index contributed by atoms with van der Waals surface area (Å²) >= 11 is 0. The predicted octanol–water partition coefficient (Wildman–Crippen LogP) is 3.59. The number of benzene rings is 2. The smallest absolute Gasteiger partial charge is 0.253 e. The van der Waals surface area contributed by atoms with Gasteiger partial charge in [0.1, 0.15) is 0 Å². The molecule has 0 bridgehead atoms. The highest BCUT2D eigenvalue weighted by atomic mass is 16.2. The van der Waals surface area contributed by atoms with E-state index in [0.29, 0.717) is 18.8 Å². The first-order chi connectivity index (χ1) is 12.2. The fraction of sp³-hybridized carbons (Fsp3) is 0.333. The van der Waals surface area contributed by atoms with E-state index in [0.717, 1.165) is 42.7 Å². The number of nitrogens with one attached hydrogen (secondary N) is 1. The summed E-state index contributed by atoms with van der Waals surface area (Å²) in [7, 11) is 0. The lowest BCUT2D eigenvalue weighted by Crippen LogP contribution is -2.38. The number of piperidine rings is 1. The van der Waals surface area contributed by atoms with Crippen molar-refractivity contribution in [1.82, 2.24) is 4.90 Å². The molecule has 2 heterocycles. The molecule has 2 amide bonds. The van der Waals surface area contributed by atoms with Gasteiger partial charge in [-0.05, 0) is 54.5 Å². The minimum atomic E-state index is 0.0505. The van der Waals surface area contributed by atoms with Crippen molar-refractivity contribution < 1.29 is 9.59 Å². The van der Waals surface area contributed by atoms with Crippen molar-refractivity contribution in [3.8, 4) is 0 Å². The van der Waals surface area contributed by atoms with Crippen LogP contribution in [0.3, 0.4) is 0 Å². The van der Waals surface area contributed by atoms with Gasteiger partial charge in [0.2, 0.25) is 5.91 Å². The van der Waals surface area contributed by atoms with Crippen LogP contribution in [0.4, 0.5) is 5.69 Å². The number of amides is 2. The molecular weight excluding hydrogens is 312 g/mol. The van der Waals surface area contributed by atoms with Crippen LogP contribution in [-0.2, 0) is 11.2 Å². The number of carbonyl (C=O) groups is 2. The summed E-state index contributed by atoms with van der Waals surface area (Å²) in [6, 6.07) is 16.2. The quantitative estimate of drug-likeness (QED) is 0.912. The highest BCUT2D eigenvalue weighted by Crippen LogP contribution is 2.29. The fourth-order valence-electron chi connectivity index (χ4n) is 3.84. The minimum absolute atomic E-state index is 0.0505. The first-order valence-corrected chi connectivity index (χ1v) is 8.98. The number of anilines is 1. The van der Waals surface area contributed by atoms with Crippen molar-refractivity contribution in [2.45, 2.75) is 31.6 Å². The first kappa shape index (κ1) is 15.9. The van der Waals surface area contributed by atoms with Crippen LogP contribution in [0.25, 0.3) is 0 Å². The third-order valence-electron chi connectivity index (χ3n) is 5.30. The molecule has 0 unspecified atom stereocenters. The number of likely N-dealkylation sites (tertiary alicyclic amines) is 1. The molecule has 0 aromatic heterocycles. The molecule has 1 saturated heterocycles. The van der Waals surface area contributed by atoms with Crippen LogP contribution in [0, 0.1) is 0 Å². The number of aryl methyl sites for hydroxylation is 1. The summed E-state index contributed by atoms with van der Waals surface area (Å²) in [5.41, 5.74) is 4.01. The maximum atomic E-state index is 12.8. The Labute approximate surface area is 147 Å². The molecule has 2 aliphatic rings. The molecule has 4 heteroatoms.